The Bertz CT molecular complexity index is 378. The summed E-state index contributed by atoms with van der Waals surface area (Å²) in [6.07, 6.45) is 6.28. The van der Waals surface area contributed by atoms with Crippen molar-refractivity contribution in [3.8, 4) is 0 Å². The van der Waals surface area contributed by atoms with Gasteiger partial charge in [0, 0.05) is 12.6 Å². The third-order valence-corrected chi connectivity index (χ3v) is 5.13. The molecule has 5 heteroatoms. The molecule has 0 aromatic heterocycles. The predicted octanol–water partition coefficient (Wildman–Crippen LogP) is 1.96. The van der Waals surface area contributed by atoms with E-state index < -0.39 is 11.9 Å². The van der Waals surface area contributed by atoms with Crippen LogP contribution in [0.3, 0.4) is 0 Å². The highest BCUT2D eigenvalue weighted by Crippen LogP contribution is 2.25. The molecule has 0 radical (unpaired) electrons. The van der Waals surface area contributed by atoms with Gasteiger partial charge < -0.3 is 10.0 Å². The molecule has 2 fully saturated rings. The second kappa shape index (κ2) is 7.25. The first-order valence-electron chi connectivity index (χ1n) is 8.29. The van der Waals surface area contributed by atoms with Crippen LogP contribution in [0.5, 0.6) is 0 Å². The predicted molar refractivity (Wildman–Crippen MR) is 81.0 cm³/mol. The maximum absolute atomic E-state index is 12.8. The van der Waals surface area contributed by atoms with Gasteiger partial charge in [0.25, 0.3) is 0 Å². The Labute approximate surface area is 127 Å². The third-order valence-electron chi connectivity index (χ3n) is 5.13. The molecule has 2 aliphatic rings. The number of piperidine rings is 1. The van der Waals surface area contributed by atoms with Gasteiger partial charge in [-0.3, -0.25) is 14.5 Å². The number of aliphatic carboxylic acids is 1. The summed E-state index contributed by atoms with van der Waals surface area (Å²) in [6, 6.07) is -0.323. The molecule has 0 aromatic rings. The fourth-order valence-electron chi connectivity index (χ4n) is 3.66. The second-order valence-electron chi connectivity index (χ2n) is 6.49. The van der Waals surface area contributed by atoms with Gasteiger partial charge in [-0.15, -0.1) is 0 Å². The minimum atomic E-state index is -0.776. The minimum absolute atomic E-state index is 0.107. The fourth-order valence-corrected chi connectivity index (χ4v) is 3.66. The summed E-state index contributed by atoms with van der Waals surface area (Å²) in [6.45, 7) is 6.52. The van der Waals surface area contributed by atoms with Crippen LogP contribution in [0, 0.1) is 5.92 Å². The number of carbonyl (C=O) groups is 2. The van der Waals surface area contributed by atoms with E-state index in [1.165, 1.54) is 12.8 Å². The monoisotopic (exact) mass is 296 g/mol. The quantitative estimate of drug-likeness (QED) is 0.865. The van der Waals surface area contributed by atoms with Gasteiger partial charge in [-0.1, -0.05) is 12.8 Å². The minimum Gasteiger partial charge on any atom is -0.481 e. The Kier molecular flexibility index (Phi) is 5.62. The largest absolute Gasteiger partial charge is 0.481 e. The van der Waals surface area contributed by atoms with E-state index in [1.807, 2.05) is 13.8 Å². The van der Waals surface area contributed by atoms with Crippen LogP contribution in [0.4, 0.5) is 0 Å². The number of hydrogen-bond acceptors (Lipinski definition) is 3. The molecule has 0 aromatic carbocycles. The zero-order valence-corrected chi connectivity index (χ0v) is 13.3. The molecule has 2 saturated heterocycles. The van der Waals surface area contributed by atoms with Crippen molar-refractivity contribution in [3.05, 3.63) is 0 Å². The first-order chi connectivity index (χ1) is 10.0. The molecule has 21 heavy (non-hydrogen) atoms. The smallest absolute Gasteiger partial charge is 0.308 e. The van der Waals surface area contributed by atoms with Gasteiger partial charge in [0.2, 0.25) is 5.91 Å². The van der Waals surface area contributed by atoms with Gasteiger partial charge >= 0.3 is 5.97 Å². The number of rotatable bonds is 3. The van der Waals surface area contributed by atoms with Gasteiger partial charge in [-0.25, -0.2) is 0 Å². The number of carbonyl (C=O) groups excluding carboxylic acids is 1. The van der Waals surface area contributed by atoms with Gasteiger partial charge in [0.05, 0.1) is 12.0 Å². The Balaban J connectivity index is 2.01. The number of likely N-dealkylation sites (tertiary alicyclic amines) is 2. The third kappa shape index (κ3) is 3.76. The van der Waals surface area contributed by atoms with E-state index in [0.29, 0.717) is 13.0 Å². The van der Waals surface area contributed by atoms with Crippen molar-refractivity contribution >= 4 is 11.9 Å². The molecule has 120 valence electrons. The summed E-state index contributed by atoms with van der Waals surface area (Å²) >= 11 is 0. The molecule has 2 heterocycles. The van der Waals surface area contributed by atoms with E-state index in [0.717, 1.165) is 32.4 Å². The maximum Gasteiger partial charge on any atom is 0.308 e. The van der Waals surface area contributed by atoms with Crippen LogP contribution in [-0.4, -0.2) is 58.5 Å². The summed E-state index contributed by atoms with van der Waals surface area (Å²) in [5.41, 5.74) is 0. The Morgan fingerprint density at radius 1 is 1.05 bits per heavy atom. The zero-order valence-electron chi connectivity index (χ0n) is 13.3. The Morgan fingerprint density at radius 3 is 2.24 bits per heavy atom. The highest BCUT2D eigenvalue weighted by atomic mass is 16.4. The number of amides is 1. The molecule has 0 spiro atoms. The zero-order chi connectivity index (χ0) is 15.4. The van der Waals surface area contributed by atoms with Crippen molar-refractivity contribution in [2.24, 2.45) is 5.92 Å². The van der Waals surface area contributed by atoms with Crippen molar-refractivity contribution in [2.45, 2.75) is 64.5 Å². The van der Waals surface area contributed by atoms with E-state index in [9.17, 15) is 14.7 Å². The van der Waals surface area contributed by atoms with E-state index in [4.69, 9.17) is 0 Å². The van der Waals surface area contributed by atoms with Crippen LogP contribution in [0.25, 0.3) is 0 Å². The number of carboxylic acid groups (broad SMARTS) is 1. The summed E-state index contributed by atoms with van der Waals surface area (Å²) in [5.74, 6) is -1.09. The maximum atomic E-state index is 12.8. The summed E-state index contributed by atoms with van der Waals surface area (Å²) < 4.78 is 0. The molecule has 3 atom stereocenters. The number of hydrogen-bond donors (Lipinski definition) is 1. The molecule has 2 rings (SSSR count). The molecule has 0 bridgehead atoms. The molecular formula is C16H28N2O3. The molecule has 2 aliphatic heterocycles. The summed E-state index contributed by atoms with van der Waals surface area (Å²) in [4.78, 5) is 28.2. The van der Waals surface area contributed by atoms with Crippen LogP contribution in [-0.2, 0) is 9.59 Å². The fraction of sp³-hybridized carbons (Fsp3) is 0.875. The van der Waals surface area contributed by atoms with Crippen LogP contribution >= 0.6 is 0 Å². The first kappa shape index (κ1) is 16.3. The lowest BCUT2D eigenvalue weighted by molar-refractivity contribution is -0.150. The summed E-state index contributed by atoms with van der Waals surface area (Å²) in [7, 11) is 0. The lowest BCUT2D eigenvalue weighted by Gasteiger charge is -2.40. The highest BCUT2D eigenvalue weighted by Gasteiger charge is 2.37. The van der Waals surface area contributed by atoms with Crippen molar-refractivity contribution in [2.75, 3.05) is 19.6 Å². The molecule has 0 saturated carbocycles. The molecule has 0 aliphatic carbocycles. The van der Waals surface area contributed by atoms with Crippen LogP contribution in [0.1, 0.15) is 52.4 Å². The van der Waals surface area contributed by atoms with Crippen molar-refractivity contribution in [3.63, 3.8) is 0 Å². The van der Waals surface area contributed by atoms with E-state index in [-0.39, 0.29) is 18.0 Å². The number of carboxylic acids is 1. The summed E-state index contributed by atoms with van der Waals surface area (Å²) in [5, 5.41) is 9.28. The van der Waals surface area contributed by atoms with Crippen LogP contribution in [0.2, 0.25) is 0 Å². The Morgan fingerprint density at radius 2 is 1.67 bits per heavy atom. The van der Waals surface area contributed by atoms with E-state index in [2.05, 4.69) is 4.90 Å². The van der Waals surface area contributed by atoms with Crippen molar-refractivity contribution in [1.82, 2.24) is 9.80 Å². The second-order valence-corrected chi connectivity index (χ2v) is 6.49. The van der Waals surface area contributed by atoms with Gasteiger partial charge in [0.1, 0.15) is 0 Å². The molecule has 5 nitrogen and oxygen atoms in total. The van der Waals surface area contributed by atoms with Gasteiger partial charge in [-0.2, -0.15) is 0 Å². The van der Waals surface area contributed by atoms with Crippen LogP contribution in [0.15, 0.2) is 0 Å². The lowest BCUT2D eigenvalue weighted by Crippen LogP contribution is -2.55. The molecule has 1 N–H and O–H groups in total. The highest BCUT2D eigenvalue weighted by molar-refractivity contribution is 5.83. The Hall–Kier alpha value is -1.10. The average molecular weight is 296 g/mol. The lowest BCUT2D eigenvalue weighted by atomic mass is 9.90. The number of nitrogens with zero attached hydrogens (tertiary/aromatic N) is 2. The SMILES string of the molecule is CC(C(=O)N1CCC[C@H](C(=O)O)[C@@H]1C)N1CCCCCC1. The topological polar surface area (TPSA) is 60.9 Å². The van der Waals surface area contributed by atoms with Crippen molar-refractivity contribution < 1.29 is 14.7 Å². The molecular weight excluding hydrogens is 268 g/mol. The van der Waals surface area contributed by atoms with Gasteiger partial charge in [0.15, 0.2) is 0 Å². The van der Waals surface area contributed by atoms with Crippen LogP contribution < -0.4 is 0 Å². The van der Waals surface area contributed by atoms with E-state index >= 15 is 0 Å². The van der Waals surface area contributed by atoms with Crippen molar-refractivity contribution in [1.29, 1.82) is 0 Å². The molecule has 1 unspecified atom stereocenters. The normalized spacial score (nSPS) is 29.7. The standard InChI is InChI=1S/C16H28N2O3/c1-12-14(16(20)21)8-7-11-18(12)15(19)13(2)17-9-5-3-4-6-10-17/h12-14H,3-11H2,1-2H3,(H,20,21)/t12-,13?,14-/m0/s1. The van der Waals surface area contributed by atoms with E-state index in [1.54, 1.807) is 4.90 Å². The first-order valence-corrected chi connectivity index (χ1v) is 8.29. The molecule has 1 amide bonds. The average Bonchev–Trinajstić information content (AvgIpc) is 2.74. The van der Waals surface area contributed by atoms with Gasteiger partial charge in [-0.05, 0) is 52.6 Å².